The first-order valence-electron chi connectivity index (χ1n) is 3.27. The van der Waals surface area contributed by atoms with Crippen LogP contribution in [0.3, 0.4) is 0 Å². The summed E-state index contributed by atoms with van der Waals surface area (Å²) in [6.45, 7) is 3.22. The summed E-state index contributed by atoms with van der Waals surface area (Å²) in [4.78, 5) is 0. The smallest absolute Gasteiger partial charge is 0.0935 e. The van der Waals surface area contributed by atoms with E-state index in [1.165, 1.54) is 0 Å². The third-order valence-corrected chi connectivity index (χ3v) is 0.894. The molecule has 3 N–H and O–H groups in total. The highest BCUT2D eigenvalue weighted by atomic mass is 16.5. The van der Waals surface area contributed by atoms with Crippen molar-refractivity contribution in [2.24, 2.45) is 0 Å². The average Bonchev–Trinajstić information content (AvgIpc) is 1.97. The molecule has 4 heteroatoms. The zero-order chi connectivity index (χ0) is 7.66. The Balaban J connectivity index is 2.65. The van der Waals surface area contributed by atoms with E-state index in [1.807, 2.05) is 0 Å². The molecule has 0 bridgehead atoms. The molecule has 0 unspecified atom stereocenters. The van der Waals surface area contributed by atoms with E-state index < -0.39 is 0 Å². The van der Waals surface area contributed by atoms with Gasteiger partial charge in [0, 0.05) is 13.1 Å². The average molecular weight is 148 g/mol. The molecule has 4 nitrogen and oxygen atoms in total. The first kappa shape index (κ1) is 9.84. The molecule has 0 fully saturated rings. The van der Waals surface area contributed by atoms with E-state index in [0.29, 0.717) is 26.3 Å². The van der Waals surface area contributed by atoms with Crippen LogP contribution in [0.15, 0.2) is 0 Å². The van der Waals surface area contributed by atoms with Gasteiger partial charge in [-0.15, -0.1) is 0 Å². The van der Waals surface area contributed by atoms with Crippen molar-refractivity contribution in [3.05, 3.63) is 6.61 Å². The number of ether oxygens (including phenoxy) is 1. The maximum absolute atomic E-state index is 8.28. The molecular weight excluding hydrogens is 134 g/mol. The van der Waals surface area contributed by atoms with E-state index in [9.17, 15) is 0 Å². The fourth-order valence-corrected chi connectivity index (χ4v) is 0.478. The summed E-state index contributed by atoms with van der Waals surface area (Å²) < 4.78 is 4.92. The summed E-state index contributed by atoms with van der Waals surface area (Å²) in [5, 5.41) is 19.4. The lowest BCUT2D eigenvalue weighted by Gasteiger charge is -2.01. The Morgan fingerprint density at radius 2 is 2.20 bits per heavy atom. The van der Waals surface area contributed by atoms with Crippen LogP contribution in [0.2, 0.25) is 0 Å². The van der Waals surface area contributed by atoms with Crippen LogP contribution in [0.25, 0.3) is 0 Å². The summed E-state index contributed by atoms with van der Waals surface area (Å²) in [6, 6.07) is 0. The van der Waals surface area contributed by atoms with E-state index in [-0.39, 0.29) is 6.61 Å². The van der Waals surface area contributed by atoms with Crippen LogP contribution in [0.5, 0.6) is 0 Å². The Labute approximate surface area is 60.8 Å². The third-order valence-electron chi connectivity index (χ3n) is 0.894. The summed E-state index contributed by atoms with van der Waals surface area (Å²) >= 11 is 0. The van der Waals surface area contributed by atoms with Crippen LogP contribution in [-0.2, 0) is 4.74 Å². The molecule has 0 aromatic heterocycles. The highest BCUT2D eigenvalue weighted by Crippen LogP contribution is 1.71. The standard InChI is InChI=1S/C6H14NO3/c8-3-1-7-2-5-10-6-4-9/h3,7-9H,1-2,4-6H2. The predicted octanol–water partition coefficient (Wildman–Crippen LogP) is -0.881. The Bertz CT molecular complexity index is 53.0. The molecule has 0 spiro atoms. The van der Waals surface area contributed by atoms with Crippen molar-refractivity contribution in [3.63, 3.8) is 0 Å². The lowest BCUT2D eigenvalue weighted by atomic mass is 10.6. The number of rotatable bonds is 7. The minimum Gasteiger partial charge on any atom is -0.394 e. The molecule has 10 heavy (non-hydrogen) atoms. The van der Waals surface area contributed by atoms with Gasteiger partial charge in [-0.1, -0.05) is 0 Å². The van der Waals surface area contributed by atoms with E-state index in [4.69, 9.17) is 14.9 Å². The third kappa shape index (κ3) is 7.84. The Hall–Kier alpha value is -0.160. The van der Waals surface area contributed by atoms with Crippen LogP contribution >= 0.6 is 0 Å². The molecule has 0 aromatic carbocycles. The van der Waals surface area contributed by atoms with Crippen LogP contribution in [-0.4, -0.2) is 43.1 Å². The van der Waals surface area contributed by atoms with Crippen molar-refractivity contribution in [1.82, 2.24) is 5.32 Å². The molecule has 61 valence electrons. The number of hydrogen-bond acceptors (Lipinski definition) is 4. The maximum atomic E-state index is 8.28. The predicted molar refractivity (Wildman–Crippen MR) is 37.0 cm³/mol. The molecule has 0 atom stereocenters. The highest BCUT2D eigenvalue weighted by Gasteiger charge is 1.85. The second-order valence-corrected chi connectivity index (χ2v) is 1.72. The molecule has 0 aliphatic rings. The number of aliphatic hydroxyl groups excluding tert-OH is 2. The van der Waals surface area contributed by atoms with Gasteiger partial charge in [-0.25, -0.2) is 0 Å². The van der Waals surface area contributed by atoms with E-state index in [2.05, 4.69) is 5.32 Å². The molecule has 0 aliphatic heterocycles. The van der Waals surface area contributed by atoms with Gasteiger partial charge >= 0.3 is 0 Å². The van der Waals surface area contributed by atoms with Crippen LogP contribution < -0.4 is 5.32 Å². The second kappa shape index (κ2) is 8.84. The molecule has 0 heterocycles. The highest BCUT2D eigenvalue weighted by molar-refractivity contribution is 4.51. The van der Waals surface area contributed by atoms with E-state index in [0.717, 1.165) is 6.61 Å². The van der Waals surface area contributed by atoms with Gasteiger partial charge < -0.3 is 20.3 Å². The van der Waals surface area contributed by atoms with Crippen LogP contribution in [0, 0.1) is 6.61 Å². The topological polar surface area (TPSA) is 61.7 Å². The zero-order valence-corrected chi connectivity index (χ0v) is 5.92. The quantitative estimate of drug-likeness (QED) is 0.410. The van der Waals surface area contributed by atoms with E-state index >= 15 is 0 Å². The minimum absolute atomic E-state index is 0.0616. The first-order chi connectivity index (χ1) is 4.91. The fraction of sp³-hybridized carbons (Fsp3) is 0.833. The number of nitrogens with one attached hydrogen (secondary N) is 1. The molecule has 0 aromatic rings. The fourth-order valence-electron chi connectivity index (χ4n) is 0.478. The van der Waals surface area contributed by atoms with Crippen LogP contribution in [0.1, 0.15) is 0 Å². The van der Waals surface area contributed by atoms with Gasteiger partial charge in [0.2, 0.25) is 0 Å². The minimum atomic E-state index is 0.0616. The van der Waals surface area contributed by atoms with Crippen molar-refractivity contribution >= 4 is 0 Å². The Kier molecular flexibility index (Phi) is 8.70. The lowest BCUT2D eigenvalue weighted by molar-refractivity contribution is 0.0939. The Morgan fingerprint density at radius 1 is 1.40 bits per heavy atom. The second-order valence-electron chi connectivity index (χ2n) is 1.72. The van der Waals surface area contributed by atoms with Crippen molar-refractivity contribution in [2.75, 3.05) is 32.9 Å². The summed E-state index contributed by atoms with van der Waals surface area (Å²) in [5.41, 5.74) is 0. The summed E-state index contributed by atoms with van der Waals surface area (Å²) in [6.07, 6.45) is 0. The number of aliphatic hydroxyl groups is 2. The van der Waals surface area contributed by atoms with Gasteiger partial charge in [0.25, 0.3) is 0 Å². The molecule has 0 saturated heterocycles. The van der Waals surface area contributed by atoms with Gasteiger partial charge in [0.1, 0.15) is 0 Å². The van der Waals surface area contributed by atoms with Gasteiger partial charge in [-0.05, 0) is 0 Å². The zero-order valence-electron chi connectivity index (χ0n) is 5.92. The lowest BCUT2D eigenvalue weighted by Crippen LogP contribution is -2.21. The normalized spacial score (nSPS) is 10.2. The van der Waals surface area contributed by atoms with Crippen molar-refractivity contribution in [3.8, 4) is 0 Å². The molecule has 0 saturated carbocycles. The number of hydrogen-bond donors (Lipinski definition) is 3. The molecule has 0 amide bonds. The van der Waals surface area contributed by atoms with Crippen molar-refractivity contribution in [2.45, 2.75) is 0 Å². The monoisotopic (exact) mass is 148 g/mol. The molecule has 0 aliphatic carbocycles. The summed E-state index contributed by atoms with van der Waals surface area (Å²) in [5.74, 6) is 0. The van der Waals surface area contributed by atoms with E-state index in [1.54, 1.807) is 0 Å². The van der Waals surface area contributed by atoms with Gasteiger partial charge in [0.05, 0.1) is 26.4 Å². The molecular formula is C6H14NO3. The van der Waals surface area contributed by atoms with Crippen molar-refractivity contribution in [1.29, 1.82) is 0 Å². The molecule has 1 radical (unpaired) electrons. The largest absolute Gasteiger partial charge is 0.394 e. The maximum Gasteiger partial charge on any atom is 0.0935 e. The first-order valence-corrected chi connectivity index (χ1v) is 3.27. The molecule has 0 rings (SSSR count). The summed E-state index contributed by atoms with van der Waals surface area (Å²) in [7, 11) is 0. The van der Waals surface area contributed by atoms with Gasteiger partial charge in [-0.3, -0.25) is 0 Å². The van der Waals surface area contributed by atoms with Crippen LogP contribution in [0.4, 0.5) is 0 Å². The SMILES string of the molecule is O[CH]CNCCOCCO. The Morgan fingerprint density at radius 3 is 2.80 bits per heavy atom. The van der Waals surface area contributed by atoms with Gasteiger partial charge in [-0.2, -0.15) is 0 Å². The van der Waals surface area contributed by atoms with Gasteiger partial charge in [0.15, 0.2) is 0 Å². The van der Waals surface area contributed by atoms with Crippen molar-refractivity contribution < 1.29 is 14.9 Å².